The van der Waals surface area contributed by atoms with Crippen LogP contribution >= 0.6 is 22.7 Å². The summed E-state index contributed by atoms with van der Waals surface area (Å²) in [7, 11) is 0. The minimum Gasteiger partial charge on any atom is -0.309 e. The number of fused-ring (bicyclic) bond motifs is 9. The van der Waals surface area contributed by atoms with Crippen LogP contribution in [0.1, 0.15) is 0 Å². The first-order valence-corrected chi connectivity index (χ1v) is 20.6. The van der Waals surface area contributed by atoms with Crippen LogP contribution in [-0.2, 0) is 0 Å². The van der Waals surface area contributed by atoms with Crippen LogP contribution in [0.25, 0.3) is 113 Å². The third kappa shape index (κ3) is 5.22. The standard InChI is InChI=1S/C51H30N4S2/c1-3-12-31(13-4-1)49-52-50(34-22-25-38-37-17-8-10-20-44(37)57-47(38)30-34)54-51(53-49)39-18-11-21-46-48(39)41-29-33(24-27-45(41)56-46)32-23-26-43-40(28-32)36-16-7-9-19-42(36)55(43)35-14-5-2-6-15-35/h1-30H. The zero-order valence-corrected chi connectivity index (χ0v) is 32.1. The highest BCUT2D eigenvalue weighted by Crippen LogP contribution is 2.43. The summed E-state index contributed by atoms with van der Waals surface area (Å²) in [5, 5.41) is 7.38. The predicted molar refractivity (Wildman–Crippen MR) is 242 cm³/mol. The zero-order chi connectivity index (χ0) is 37.5. The molecule has 0 fully saturated rings. The van der Waals surface area contributed by atoms with Gasteiger partial charge < -0.3 is 4.57 Å². The van der Waals surface area contributed by atoms with Gasteiger partial charge in [0.25, 0.3) is 0 Å². The number of hydrogen-bond donors (Lipinski definition) is 0. The maximum atomic E-state index is 5.25. The number of hydrogen-bond acceptors (Lipinski definition) is 5. The summed E-state index contributed by atoms with van der Waals surface area (Å²) < 4.78 is 7.30. The lowest BCUT2D eigenvalue weighted by Crippen LogP contribution is -2.00. The molecule has 12 rings (SSSR count). The van der Waals surface area contributed by atoms with E-state index >= 15 is 0 Å². The van der Waals surface area contributed by atoms with Gasteiger partial charge in [0.05, 0.1) is 11.0 Å². The molecule has 0 saturated heterocycles. The molecule has 0 N–H and O–H groups in total. The molecule has 0 saturated carbocycles. The molecule has 4 heterocycles. The number of thiophene rings is 2. The molecule has 12 aromatic rings. The molecule has 0 aliphatic heterocycles. The Balaban J connectivity index is 1.03. The molecule has 0 aliphatic rings. The number of benzene rings is 8. The van der Waals surface area contributed by atoms with Crippen LogP contribution in [0.4, 0.5) is 0 Å². The molecule has 4 aromatic heterocycles. The Hall–Kier alpha value is -6.99. The van der Waals surface area contributed by atoms with Gasteiger partial charge in [0.15, 0.2) is 17.5 Å². The van der Waals surface area contributed by atoms with E-state index in [-0.39, 0.29) is 0 Å². The van der Waals surface area contributed by atoms with Crippen molar-refractivity contribution in [3.63, 3.8) is 0 Å². The molecular formula is C51H30N4S2. The third-order valence-electron chi connectivity index (χ3n) is 11.1. The molecule has 57 heavy (non-hydrogen) atoms. The zero-order valence-electron chi connectivity index (χ0n) is 30.4. The second-order valence-corrected chi connectivity index (χ2v) is 16.6. The predicted octanol–water partition coefficient (Wildman–Crippen LogP) is 14.4. The molecule has 4 nitrogen and oxygen atoms in total. The lowest BCUT2D eigenvalue weighted by Gasteiger charge is -2.10. The van der Waals surface area contributed by atoms with Crippen LogP contribution < -0.4 is 0 Å². The lowest BCUT2D eigenvalue weighted by molar-refractivity contribution is 1.08. The van der Waals surface area contributed by atoms with Gasteiger partial charge >= 0.3 is 0 Å². The number of aromatic nitrogens is 4. The minimum atomic E-state index is 0.659. The Morgan fingerprint density at radius 1 is 0.333 bits per heavy atom. The Morgan fingerprint density at radius 2 is 0.930 bits per heavy atom. The van der Waals surface area contributed by atoms with Crippen LogP contribution in [0.2, 0.25) is 0 Å². The second kappa shape index (κ2) is 12.8. The van der Waals surface area contributed by atoms with E-state index in [4.69, 9.17) is 15.0 Å². The van der Waals surface area contributed by atoms with Crippen molar-refractivity contribution in [3.8, 4) is 51.0 Å². The average molecular weight is 763 g/mol. The second-order valence-electron chi connectivity index (χ2n) is 14.4. The van der Waals surface area contributed by atoms with Gasteiger partial charge in [0.2, 0.25) is 0 Å². The maximum absolute atomic E-state index is 5.25. The van der Waals surface area contributed by atoms with Gasteiger partial charge in [0.1, 0.15) is 0 Å². The van der Waals surface area contributed by atoms with E-state index in [1.54, 1.807) is 11.3 Å². The Bertz CT molecular complexity index is 3530. The fourth-order valence-corrected chi connectivity index (χ4v) is 10.7. The average Bonchev–Trinajstić information content (AvgIpc) is 3.95. The third-order valence-corrected chi connectivity index (χ3v) is 13.3. The monoisotopic (exact) mass is 762 g/mol. The minimum absolute atomic E-state index is 0.659. The molecule has 266 valence electrons. The fourth-order valence-electron chi connectivity index (χ4n) is 8.41. The van der Waals surface area contributed by atoms with Crippen molar-refractivity contribution in [2.24, 2.45) is 0 Å². The SMILES string of the molecule is c1ccc(-c2nc(-c3ccc4c(c3)sc3ccccc34)nc(-c3cccc4sc5ccc(-c6ccc7c(c6)c6ccccc6n7-c6ccccc6)cc5c34)n2)cc1. The molecule has 0 aliphatic carbocycles. The smallest absolute Gasteiger partial charge is 0.164 e. The Morgan fingerprint density at radius 3 is 1.79 bits per heavy atom. The molecule has 0 atom stereocenters. The summed E-state index contributed by atoms with van der Waals surface area (Å²) >= 11 is 3.62. The van der Waals surface area contributed by atoms with Gasteiger partial charge in [-0.15, -0.1) is 22.7 Å². The van der Waals surface area contributed by atoms with Crippen molar-refractivity contribution < 1.29 is 0 Å². The maximum Gasteiger partial charge on any atom is 0.164 e. The van der Waals surface area contributed by atoms with Crippen LogP contribution in [0.15, 0.2) is 182 Å². The highest BCUT2D eigenvalue weighted by atomic mass is 32.1. The highest BCUT2D eigenvalue weighted by Gasteiger charge is 2.19. The van der Waals surface area contributed by atoms with Crippen molar-refractivity contribution in [1.82, 2.24) is 19.5 Å². The van der Waals surface area contributed by atoms with Crippen LogP contribution in [0.5, 0.6) is 0 Å². The van der Waals surface area contributed by atoms with E-state index in [9.17, 15) is 0 Å². The van der Waals surface area contributed by atoms with E-state index in [0.717, 1.165) is 27.8 Å². The fraction of sp³-hybridized carbons (Fsp3) is 0. The van der Waals surface area contributed by atoms with Crippen LogP contribution in [0.3, 0.4) is 0 Å². The van der Waals surface area contributed by atoms with Gasteiger partial charge in [-0.05, 0) is 71.8 Å². The molecule has 0 bridgehead atoms. The normalized spacial score (nSPS) is 11.9. The van der Waals surface area contributed by atoms with Crippen molar-refractivity contribution in [2.75, 3.05) is 0 Å². The highest BCUT2D eigenvalue weighted by molar-refractivity contribution is 7.26. The van der Waals surface area contributed by atoms with Crippen molar-refractivity contribution in [2.45, 2.75) is 0 Å². The van der Waals surface area contributed by atoms with E-state index in [2.05, 4.69) is 168 Å². The summed E-state index contributed by atoms with van der Waals surface area (Å²) in [5.74, 6) is 1.99. The number of rotatable bonds is 5. The molecule has 8 aromatic carbocycles. The lowest BCUT2D eigenvalue weighted by atomic mass is 9.99. The van der Waals surface area contributed by atoms with Crippen molar-refractivity contribution in [1.29, 1.82) is 0 Å². The number of para-hydroxylation sites is 2. The first kappa shape index (κ1) is 32.3. The first-order chi connectivity index (χ1) is 28.2. The van der Waals surface area contributed by atoms with E-state index in [0.29, 0.717) is 17.5 Å². The van der Waals surface area contributed by atoms with Gasteiger partial charge in [0, 0.05) is 73.5 Å². The summed E-state index contributed by atoms with van der Waals surface area (Å²) in [5.41, 5.74) is 8.85. The van der Waals surface area contributed by atoms with Crippen LogP contribution in [-0.4, -0.2) is 19.5 Å². The van der Waals surface area contributed by atoms with Gasteiger partial charge in [-0.3, -0.25) is 0 Å². The summed E-state index contributed by atoms with van der Waals surface area (Å²) in [6.45, 7) is 0. The van der Waals surface area contributed by atoms with Gasteiger partial charge in [-0.2, -0.15) is 0 Å². The molecular weight excluding hydrogens is 733 g/mol. The van der Waals surface area contributed by atoms with E-state index < -0.39 is 0 Å². The Labute approximate surface area is 335 Å². The van der Waals surface area contributed by atoms with Gasteiger partial charge in [-0.25, -0.2) is 15.0 Å². The summed E-state index contributed by atoms with van der Waals surface area (Å²) in [4.78, 5) is 15.5. The molecule has 0 radical (unpaired) electrons. The molecule has 0 spiro atoms. The quantitative estimate of drug-likeness (QED) is 0.175. The van der Waals surface area contributed by atoms with Gasteiger partial charge in [-0.1, -0.05) is 121 Å². The largest absolute Gasteiger partial charge is 0.309 e. The summed E-state index contributed by atoms with van der Waals surface area (Å²) in [6, 6.07) is 65.0. The molecule has 0 unspecified atom stereocenters. The van der Waals surface area contributed by atoms with Crippen molar-refractivity contribution >= 4 is 84.8 Å². The first-order valence-electron chi connectivity index (χ1n) is 19.0. The summed E-state index contributed by atoms with van der Waals surface area (Å²) in [6.07, 6.45) is 0. The van der Waals surface area contributed by atoms with E-state index in [1.165, 1.54) is 67.9 Å². The number of nitrogens with zero attached hydrogens (tertiary/aromatic N) is 4. The van der Waals surface area contributed by atoms with Crippen molar-refractivity contribution in [3.05, 3.63) is 182 Å². The molecule has 6 heteroatoms. The van der Waals surface area contributed by atoms with E-state index in [1.807, 2.05) is 29.5 Å². The Kier molecular flexibility index (Phi) is 7.24. The topological polar surface area (TPSA) is 43.6 Å². The molecule has 0 amide bonds. The van der Waals surface area contributed by atoms with Crippen LogP contribution in [0, 0.1) is 0 Å².